The summed E-state index contributed by atoms with van der Waals surface area (Å²) in [5, 5.41) is 16.5. The minimum absolute atomic E-state index is 0.0789. The number of rotatable bonds is 6. The van der Waals surface area contributed by atoms with Crippen LogP contribution >= 0.6 is 12.2 Å². The third-order valence-corrected chi connectivity index (χ3v) is 6.13. The smallest absolute Gasteiger partial charge is 0.244 e. The average molecular weight is 470 g/mol. The first-order valence-corrected chi connectivity index (χ1v) is 11.3. The molecule has 0 spiro atoms. The van der Waals surface area contributed by atoms with Crippen LogP contribution in [0, 0.1) is 0 Å². The van der Waals surface area contributed by atoms with Crippen molar-refractivity contribution in [2.75, 3.05) is 11.9 Å². The number of hydrogen-bond acceptors (Lipinski definition) is 4. The van der Waals surface area contributed by atoms with E-state index in [2.05, 4.69) is 15.6 Å². The Hall–Kier alpha value is -4.17. The van der Waals surface area contributed by atoms with Gasteiger partial charge in [-0.2, -0.15) is 0 Å². The van der Waals surface area contributed by atoms with Gasteiger partial charge in [-0.1, -0.05) is 24.3 Å². The van der Waals surface area contributed by atoms with Crippen molar-refractivity contribution in [3.8, 4) is 11.4 Å². The summed E-state index contributed by atoms with van der Waals surface area (Å²) in [4.78, 5) is 19.4. The molecule has 1 aliphatic rings. The van der Waals surface area contributed by atoms with E-state index in [9.17, 15) is 9.90 Å². The Morgan fingerprint density at radius 2 is 1.76 bits per heavy atom. The monoisotopic (exact) mass is 469 g/mol. The number of thiocarbonyl (C=S) groups is 1. The molecule has 5 rings (SSSR count). The number of aromatic hydroxyl groups is 1. The highest BCUT2D eigenvalue weighted by Crippen LogP contribution is 2.39. The van der Waals surface area contributed by atoms with E-state index < -0.39 is 0 Å². The van der Waals surface area contributed by atoms with Gasteiger partial charge in [-0.15, -0.1) is 0 Å². The number of carbonyl (C=O) groups is 1. The molecule has 1 amide bonds. The van der Waals surface area contributed by atoms with E-state index in [-0.39, 0.29) is 30.3 Å². The fourth-order valence-corrected chi connectivity index (χ4v) is 4.56. The van der Waals surface area contributed by atoms with Crippen molar-refractivity contribution in [2.45, 2.75) is 12.1 Å². The molecule has 0 unspecified atom stereocenters. The number of phenolic OH excluding ortho intramolecular Hbond substituents is 1. The van der Waals surface area contributed by atoms with Crippen LogP contribution in [0.3, 0.4) is 0 Å². The lowest BCUT2D eigenvalue weighted by molar-refractivity contribution is -0.116. The Morgan fingerprint density at radius 1 is 1.00 bits per heavy atom. The molecule has 8 heteroatoms. The number of nitrogens with zero attached hydrogens (tertiary/aromatic N) is 3. The third kappa shape index (κ3) is 4.35. The first kappa shape index (κ1) is 21.7. The second-order valence-corrected chi connectivity index (χ2v) is 8.37. The number of para-hydroxylation sites is 1. The summed E-state index contributed by atoms with van der Waals surface area (Å²) >= 11 is 5.69. The summed E-state index contributed by atoms with van der Waals surface area (Å²) in [6, 6.07) is 25.6. The molecule has 2 aromatic carbocycles. The standard InChI is InChI=1S/C26H23N5O2S/c32-20-13-11-19(12-14-20)30-16-6-10-22(30)25-24(21-9-4-5-15-27-21)29-26(34)31(25)17-23(33)28-18-7-2-1-3-8-18/h1-16,24-25,32H,17H2,(H,28,33)(H,29,34)/t24-,25+/m1/s1. The zero-order chi connectivity index (χ0) is 23.5. The van der Waals surface area contributed by atoms with Gasteiger partial charge in [0.05, 0.1) is 17.8 Å². The van der Waals surface area contributed by atoms with Crippen LogP contribution in [0.4, 0.5) is 5.69 Å². The minimum Gasteiger partial charge on any atom is -0.508 e. The molecule has 0 bridgehead atoms. The summed E-state index contributed by atoms with van der Waals surface area (Å²) in [6.45, 7) is 0.0789. The fraction of sp³-hybridized carbons (Fsp3) is 0.115. The molecule has 1 saturated heterocycles. The van der Waals surface area contributed by atoms with Gasteiger partial charge in [-0.3, -0.25) is 9.78 Å². The molecule has 34 heavy (non-hydrogen) atoms. The van der Waals surface area contributed by atoms with Gasteiger partial charge < -0.3 is 25.2 Å². The first-order chi connectivity index (χ1) is 16.6. The van der Waals surface area contributed by atoms with Gasteiger partial charge in [0.25, 0.3) is 0 Å². The molecule has 2 aromatic heterocycles. The maximum atomic E-state index is 13.0. The van der Waals surface area contributed by atoms with E-state index in [1.807, 2.05) is 88.5 Å². The SMILES string of the molecule is O=C(CN1C(=S)N[C@H](c2ccccn2)[C@@H]1c1cccn1-c1ccc(O)cc1)Nc1ccccc1. The van der Waals surface area contributed by atoms with Crippen molar-refractivity contribution in [2.24, 2.45) is 0 Å². The summed E-state index contributed by atoms with van der Waals surface area (Å²) in [6.07, 6.45) is 3.71. The number of nitrogens with one attached hydrogen (secondary N) is 2. The van der Waals surface area contributed by atoms with Crippen LogP contribution in [-0.4, -0.2) is 37.1 Å². The van der Waals surface area contributed by atoms with Crippen molar-refractivity contribution in [3.63, 3.8) is 0 Å². The predicted molar refractivity (Wildman–Crippen MR) is 135 cm³/mol. The summed E-state index contributed by atoms with van der Waals surface area (Å²) in [5.74, 6) is 0.0384. The van der Waals surface area contributed by atoms with Crippen LogP contribution in [0.15, 0.2) is 97.3 Å². The number of benzene rings is 2. The van der Waals surface area contributed by atoms with Gasteiger partial charge in [-0.05, 0) is 72.9 Å². The van der Waals surface area contributed by atoms with E-state index in [1.54, 1.807) is 18.3 Å². The Labute approximate surface area is 202 Å². The van der Waals surface area contributed by atoms with Crippen LogP contribution < -0.4 is 10.6 Å². The molecule has 3 N–H and O–H groups in total. The van der Waals surface area contributed by atoms with Gasteiger partial charge in [0.2, 0.25) is 5.91 Å². The zero-order valence-electron chi connectivity index (χ0n) is 18.2. The number of phenols is 1. The van der Waals surface area contributed by atoms with Crippen LogP contribution in [0.5, 0.6) is 5.75 Å². The summed E-state index contributed by atoms with van der Waals surface area (Å²) < 4.78 is 2.04. The van der Waals surface area contributed by atoms with Crippen LogP contribution in [-0.2, 0) is 4.79 Å². The molecule has 7 nitrogen and oxygen atoms in total. The predicted octanol–water partition coefficient (Wildman–Crippen LogP) is 4.19. The average Bonchev–Trinajstić information content (AvgIpc) is 3.45. The normalized spacial score (nSPS) is 17.4. The largest absolute Gasteiger partial charge is 0.508 e. The number of carbonyl (C=O) groups excluding carboxylic acids is 1. The molecule has 4 aromatic rings. The van der Waals surface area contributed by atoms with Crippen LogP contribution in [0.25, 0.3) is 5.69 Å². The molecular formula is C26H23N5O2S. The molecular weight excluding hydrogens is 446 g/mol. The van der Waals surface area contributed by atoms with Gasteiger partial charge in [-0.25, -0.2) is 0 Å². The molecule has 1 fully saturated rings. The molecule has 3 heterocycles. The van der Waals surface area contributed by atoms with Crippen molar-refractivity contribution in [3.05, 3.63) is 109 Å². The van der Waals surface area contributed by atoms with Crippen molar-refractivity contribution >= 4 is 28.9 Å². The van der Waals surface area contributed by atoms with Gasteiger partial charge in [0, 0.05) is 29.5 Å². The molecule has 0 radical (unpaired) electrons. The number of aromatic nitrogens is 2. The maximum Gasteiger partial charge on any atom is 0.244 e. The second-order valence-electron chi connectivity index (χ2n) is 7.99. The molecule has 170 valence electrons. The van der Waals surface area contributed by atoms with E-state index in [0.29, 0.717) is 5.11 Å². The van der Waals surface area contributed by atoms with E-state index >= 15 is 0 Å². The van der Waals surface area contributed by atoms with E-state index in [1.165, 1.54) is 0 Å². The zero-order valence-corrected chi connectivity index (χ0v) is 19.0. The first-order valence-electron chi connectivity index (χ1n) is 10.9. The van der Waals surface area contributed by atoms with Crippen molar-refractivity contribution in [1.29, 1.82) is 0 Å². The van der Waals surface area contributed by atoms with Gasteiger partial charge in [0.15, 0.2) is 5.11 Å². The highest BCUT2D eigenvalue weighted by molar-refractivity contribution is 7.80. The number of hydrogen-bond donors (Lipinski definition) is 3. The number of anilines is 1. The highest BCUT2D eigenvalue weighted by atomic mass is 32.1. The molecule has 0 saturated carbocycles. The summed E-state index contributed by atoms with van der Waals surface area (Å²) in [7, 11) is 0. The lowest BCUT2D eigenvalue weighted by Crippen LogP contribution is -2.37. The van der Waals surface area contributed by atoms with Crippen molar-refractivity contribution < 1.29 is 9.90 Å². The van der Waals surface area contributed by atoms with Crippen LogP contribution in [0.2, 0.25) is 0 Å². The molecule has 2 atom stereocenters. The van der Waals surface area contributed by atoms with Crippen molar-refractivity contribution in [1.82, 2.24) is 19.8 Å². The topological polar surface area (TPSA) is 82.4 Å². The number of pyridine rings is 1. The Morgan fingerprint density at radius 3 is 2.50 bits per heavy atom. The minimum atomic E-state index is -0.285. The molecule has 0 aliphatic carbocycles. The molecule has 1 aliphatic heterocycles. The Balaban J connectivity index is 1.51. The number of amides is 1. The van der Waals surface area contributed by atoms with Crippen LogP contribution in [0.1, 0.15) is 23.5 Å². The maximum absolute atomic E-state index is 13.0. The third-order valence-electron chi connectivity index (χ3n) is 5.78. The lowest BCUT2D eigenvalue weighted by Gasteiger charge is -2.28. The van der Waals surface area contributed by atoms with Gasteiger partial charge in [0.1, 0.15) is 12.3 Å². The highest BCUT2D eigenvalue weighted by Gasteiger charge is 2.42. The Kier molecular flexibility index (Phi) is 5.97. The van der Waals surface area contributed by atoms with E-state index in [4.69, 9.17) is 12.2 Å². The quantitative estimate of drug-likeness (QED) is 0.368. The summed E-state index contributed by atoms with van der Waals surface area (Å²) in [5.41, 5.74) is 3.40. The lowest BCUT2D eigenvalue weighted by atomic mass is 10.0. The van der Waals surface area contributed by atoms with E-state index in [0.717, 1.165) is 22.8 Å². The second kappa shape index (κ2) is 9.36. The van der Waals surface area contributed by atoms with Gasteiger partial charge >= 0.3 is 0 Å². The fourth-order valence-electron chi connectivity index (χ4n) is 4.26. The Bertz CT molecular complexity index is 1290.